The van der Waals surface area contributed by atoms with Crippen molar-refractivity contribution in [3.8, 4) is 6.07 Å². The second kappa shape index (κ2) is 8.33. The first-order chi connectivity index (χ1) is 12.7. The maximum Gasteiger partial charge on any atom is 0.416 e. The van der Waals surface area contributed by atoms with Crippen molar-refractivity contribution < 1.29 is 27.9 Å². The molecule has 27 heavy (non-hydrogen) atoms. The molecule has 0 unspecified atom stereocenters. The molecule has 140 valence electrons. The molecule has 0 spiro atoms. The molecule has 1 atom stereocenters. The lowest BCUT2D eigenvalue weighted by Crippen LogP contribution is -2.37. The molecule has 2 amide bonds. The van der Waals surface area contributed by atoms with Crippen LogP contribution in [0.2, 0.25) is 0 Å². The van der Waals surface area contributed by atoms with E-state index >= 15 is 0 Å². The third-order valence-corrected chi connectivity index (χ3v) is 3.58. The van der Waals surface area contributed by atoms with Gasteiger partial charge in [-0.15, -0.1) is 0 Å². The third-order valence-electron chi connectivity index (χ3n) is 3.58. The van der Waals surface area contributed by atoms with E-state index in [4.69, 9.17) is 5.26 Å². The van der Waals surface area contributed by atoms with Gasteiger partial charge in [-0.2, -0.15) is 18.4 Å². The lowest BCUT2D eigenvalue weighted by atomic mass is 10.1. The van der Waals surface area contributed by atoms with Crippen LogP contribution in [0.1, 0.15) is 22.8 Å². The monoisotopic (exact) mass is 377 g/mol. The molecule has 0 aromatic heterocycles. The largest absolute Gasteiger partial charge is 0.416 e. The minimum atomic E-state index is -4.49. The smallest absolute Gasteiger partial charge is 0.387 e. The molecule has 0 radical (unpaired) electrons. The molecule has 0 aliphatic carbocycles. The summed E-state index contributed by atoms with van der Waals surface area (Å²) in [4.78, 5) is 23.6. The highest BCUT2D eigenvalue weighted by Crippen LogP contribution is 2.29. The van der Waals surface area contributed by atoms with E-state index in [2.05, 4.69) is 10.6 Å². The minimum absolute atomic E-state index is 0.151. The van der Waals surface area contributed by atoms with Crippen molar-refractivity contribution in [3.63, 3.8) is 0 Å². The number of para-hydroxylation sites is 1. The van der Waals surface area contributed by atoms with Crippen molar-refractivity contribution in [3.05, 3.63) is 65.2 Å². The summed E-state index contributed by atoms with van der Waals surface area (Å²) in [7, 11) is 0. The van der Waals surface area contributed by atoms with Crippen molar-refractivity contribution in [1.82, 2.24) is 5.32 Å². The molecule has 0 aliphatic rings. The molecule has 6 nitrogen and oxygen atoms in total. The van der Waals surface area contributed by atoms with Gasteiger partial charge in [0.25, 0.3) is 0 Å². The number of halogens is 3. The first kappa shape index (κ1) is 19.9. The Morgan fingerprint density at radius 1 is 1.07 bits per heavy atom. The van der Waals surface area contributed by atoms with E-state index in [-0.39, 0.29) is 23.4 Å². The zero-order valence-corrected chi connectivity index (χ0v) is 13.7. The van der Waals surface area contributed by atoms with E-state index in [1.54, 1.807) is 12.1 Å². The molecule has 0 fully saturated rings. The number of rotatable bonds is 4. The number of nitrogens with zero attached hydrogens (tertiary/aromatic N) is 1. The van der Waals surface area contributed by atoms with Gasteiger partial charge in [0, 0.05) is 6.54 Å². The summed E-state index contributed by atoms with van der Waals surface area (Å²) in [5.74, 6) is -2.11. The normalized spacial score (nSPS) is 12.0. The molecule has 0 heterocycles. The van der Waals surface area contributed by atoms with Gasteiger partial charge in [0.1, 0.15) is 6.07 Å². The van der Waals surface area contributed by atoms with Crippen LogP contribution >= 0.6 is 0 Å². The van der Waals surface area contributed by atoms with Gasteiger partial charge >= 0.3 is 18.0 Å². The van der Waals surface area contributed by atoms with Crippen molar-refractivity contribution >= 4 is 17.5 Å². The Kier molecular flexibility index (Phi) is 6.15. The van der Waals surface area contributed by atoms with Crippen molar-refractivity contribution in [2.24, 2.45) is 0 Å². The number of nitrogens with one attached hydrogen (secondary N) is 2. The van der Waals surface area contributed by atoms with Crippen molar-refractivity contribution in [2.75, 3.05) is 11.9 Å². The fourth-order valence-corrected chi connectivity index (χ4v) is 2.15. The molecule has 3 N–H and O–H groups in total. The van der Waals surface area contributed by atoms with Gasteiger partial charge in [-0.25, -0.2) is 0 Å². The number of carbonyl (C=O) groups is 2. The van der Waals surface area contributed by atoms with Crippen LogP contribution < -0.4 is 10.6 Å². The third kappa shape index (κ3) is 5.29. The van der Waals surface area contributed by atoms with Crippen LogP contribution in [0.4, 0.5) is 18.9 Å². The minimum Gasteiger partial charge on any atom is -0.387 e. The summed E-state index contributed by atoms with van der Waals surface area (Å²) in [6, 6.07) is 11.7. The van der Waals surface area contributed by atoms with E-state index < -0.39 is 29.7 Å². The van der Waals surface area contributed by atoms with Crippen LogP contribution in [0.5, 0.6) is 0 Å². The molecule has 0 saturated carbocycles. The molecule has 2 aromatic rings. The Labute approximate surface area is 152 Å². The number of carbonyl (C=O) groups excluding carboxylic acids is 2. The van der Waals surface area contributed by atoms with Gasteiger partial charge in [0.15, 0.2) is 0 Å². The summed E-state index contributed by atoms with van der Waals surface area (Å²) in [5.41, 5.74) is -0.386. The molecule has 0 bridgehead atoms. The van der Waals surface area contributed by atoms with Gasteiger partial charge in [0.05, 0.1) is 22.9 Å². The maximum absolute atomic E-state index is 12.5. The molecule has 2 aromatic carbocycles. The standard InChI is InChI=1S/C18H14F3N3O3/c19-18(20,21)13-7-5-11(6-8-13)15(25)10-23-16(26)17(27)24-14-4-2-1-3-12(14)9-22/h1-8,15,25H,10H2,(H,23,26)(H,24,27)/t15-/m1/s1. The molecule has 0 saturated heterocycles. The summed E-state index contributed by atoms with van der Waals surface area (Å²) in [5, 5.41) is 23.3. The average Bonchev–Trinajstić information content (AvgIpc) is 2.65. The molecular weight excluding hydrogens is 363 g/mol. The molecule has 2 rings (SSSR count). The van der Waals surface area contributed by atoms with E-state index in [1.807, 2.05) is 6.07 Å². The number of anilines is 1. The van der Waals surface area contributed by atoms with E-state index in [0.29, 0.717) is 0 Å². The van der Waals surface area contributed by atoms with Crippen LogP contribution in [0, 0.1) is 11.3 Å². The number of aliphatic hydroxyl groups is 1. The van der Waals surface area contributed by atoms with Crippen LogP contribution in [0.3, 0.4) is 0 Å². The molecule has 0 aliphatic heterocycles. The van der Waals surface area contributed by atoms with Crippen LogP contribution in [0.15, 0.2) is 48.5 Å². The highest BCUT2D eigenvalue weighted by Gasteiger charge is 2.30. The lowest BCUT2D eigenvalue weighted by molar-refractivity contribution is -0.137. The van der Waals surface area contributed by atoms with Crippen LogP contribution in [-0.2, 0) is 15.8 Å². The molecule has 9 heteroatoms. The zero-order chi connectivity index (χ0) is 20.0. The van der Waals surface area contributed by atoms with Gasteiger partial charge in [-0.1, -0.05) is 24.3 Å². The Morgan fingerprint density at radius 2 is 1.70 bits per heavy atom. The van der Waals surface area contributed by atoms with E-state index in [0.717, 1.165) is 24.3 Å². The summed E-state index contributed by atoms with van der Waals surface area (Å²) < 4.78 is 37.5. The Hall–Kier alpha value is -3.38. The van der Waals surface area contributed by atoms with Crippen molar-refractivity contribution in [2.45, 2.75) is 12.3 Å². The average molecular weight is 377 g/mol. The fourth-order valence-electron chi connectivity index (χ4n) is 2.15. The Morgan fingerprint density at radius 3 is 2.30 bits per heavy atom. The summed E-state index contributed by atoms with van der Waals surface area (Å²) >= 11 is 0. The predicted molar refractivity (Wildman–Crippen MR) is 89.2 cm³/mol. The van der Waals surface area contributed by atoms with Crippen molar-refractivity contribution in [1.29, 1.82) is 5.26 Å². The van der Waals surface area contributed by atoms with Crippen LogP contribution in [0.25, 0.3) is 0 Å². The van der Waals surface area contributed by atoms with Gasteiger partial charge in [-0.05, 0) is 29.8 Å². The first-order valence-electron chi connectivity index (χ1n) is 7.66. The van der Waals surface area contributed by atoms with Gasteiger partial charge in [0.2, 0.25) is 0 Å². The topological polar surface area (TPSA) is 102 Å². The molecular formula is C18H14F3N3O3. The van der Waals surface area contributed by atoms with Crippen LogP contribution in [-0.4, -0.2) is 23.5 Å². The number of aliphatic hydroxyl groups excluding tert-OH is 1. The SMILES string of the molecule is N#Cc1ccccc1NC(=O)C(=O)NC[C@@H](O)c1ccc(C(F)(F)F)cc1. The van der Waals surface area contributed by atoms with Gasteiger partial charge in [-0.3, -0.25) is 9.59 Å². The number of hydrogen-bond acceptors (Lipinski definition) is 4. The fraction of sp³-hybridized carbons (Fsp3) is 0.167. The number of benzene rings is 2. The summed E-state index contributed by atoms with van der Waals surface area (Å²) in [6.07, 6.45) is -5.79. The Balaban J connectivity index is 1.92. The first-order valence-corrected chi connectivity index (χ1v) is 7.66. The highest BCUT2D eigenvalue weighted by atomic mass is 19.4. The second-order valence-electron chi connectivity index (χ2n) is 5.46. The van der Waals surface area contributed by atoms with E-state index in [1.165, 1.54) is 12.1 Å². The number of alkyl halides is 3. The van der Waals surface area contributed by atoms with E-state index in [9.17, 15) is 27.9 Å². The lowest BCUT2D eigenvalue weighted by Gasteiger charge is -2.14. The second-order valence-corrected chi connectivity index (χ2v) is 5.46. The summed E-state index contributed by atoms with van der Waals surface area (Å²) in [6.45, 7) is -0.377. The predicted octanol–water partition coefficient (Wildman–Crippen LogP) is 2.37. The maximum atomic E-state index is 12.5. The number of hydrogen-bond donors (Lipinski definition) is 3. The Bertz CT molecular complexity index is 874. The number of amides is 2. The number of nitriles is 1. The zero-order valence-electron chi connectivity index (χ0n) is 13.7. The quantitative estimate of drug-likeness (QED) is 0.712. The van der Waals surface area contributed by atoms with Gasteiger partial charge < -0.3 is 15.7 Å². The highest BCUT2D eigenvalue weighted by molar-refractivity contribution is 6.39.